The highest BCUT2D eigenvalue weighted by molar-refractivity contribution is 7.99. The third-order valence-electron chi connectivity index (χ3n) is 13.3. The van der Waals surface area contributed by atoms with Crippen LogP contribution in [0.3, 0.4) is 0 Å². The van der Waals surface area contributed by atoms with E-state index in [0.29, 0.717) is 31.4 Å². The minimum absolute atomic E-state index is 0.000807. The number of aromatic nitrogens is 4. The summed E-state index contributed by atoms with van der Waals surface area (Å²) in [4.78, 5) is 45.5. The maximum absolute atomic E-state index is 13.4. The molecular formula is C44H58N8O4S. The molecule has 2 saturated heterocycles. The van der Waals surface area contributed by atoms with Crippen molar-refractivity contribution in [3.05, 3.63) is 82.0 Å². The van der Waals surface area contributed by atoms with Crippen LogP contribution in [0, 0.1) is 11.8 Å². The number of ether oxygens (including phenoxy) is 1. The van der Waals surface area contributed by atoms with Crippen molar-refractivity contribution in [3.63, 3.8) is 0 Å². The molecule has 8 atom stereocenters. The number of fused-ring (bicyclic) bond motifs is 4. The zero-order valence-electron chi connectivity index (χ0n) is 33.8. The molecule has 1 aromatic carbocycles. The summed E-state index contributed by atoms with van der Waals surface area (Å²) in [5, 5.41) is 14.2. The summed E-state index contributed by atoms with van der Waals surface area (Å²) in [6.07, 6.45) is 16.6. The van der Waals surface area contributed by atoms with Crippen molar-refractivity contribution in [2.24, 2.45) is 17.6 Å². The molecule has 0 spiro atoms. The standard InChI is InChI=1S/C44H58N8O4S/c1-24(2)40(48-23-53)44(55)52-15-7-9-37(52)42-47-21-35(50-42)28-11-13-33-30-17-29-16-27(10-12-32(29)25(3)31(18-30)22-56-38(33)19-28)34-20-46-41(49-34)36-8-6-14-51(36)43(54)39(45)26(4)57-5/h10,12,16-17,19-21,23-26,31,36-37,39-40,44,55H,6-9,11,13-15,18,22,45H2,1-5H3,(H,46,49)(H,47,50)(H,48,53). The number of thioether (sulfide) groups is 1. The molecule has 8 rings (SSSR count). The van der Waals surface area contributed by atoms with Gasteiger partial charge in [-0.3, -0.25) is 14.5 Å². The first kappa shape index (κ1) is 39.6. The van der Waals surface area contributed by atoms with Crippen molar-refractivity contribution in [1.29, 1.82) is 0 Å². The zero-order chi connectivity index (χ0) is 40.0. The first-order valence-electron chi connectivity index (χ1n) is 20.8. The number of aromatic amines is 2. The Labute approximate surface area is 340 Å². The van der Waals surface area contributed by atoms with Crippen LogP contribution in [-0.4, -0.2) is 96.7 Å². The number of allylic oxidation sites excluding steroid dienone is 4. The van der Waals surface area contributed by atoms with Crippen LogP contribution >= 0.6 is 11.8 Å². The van der Waals surface area contributed by atoms with Crippen molar-refractivity contribution in [3.8, 4) is 11.3 Å². The summed E-state index contributed by atoms with van der Waals surface area (Å²) >= 11 is 1.62. The normalized spacial score (nSPS) is 25.7. The van der Waals surface area contributed by atoms with Gasteiger partial charge in [0.2, 0.25) is 12.3 Å². The number of nitrogens with zero attached hydrogens (tertiary/aromatic N) is 4. The Hall–Kier alpha value is -4.17. The molecule has 2 fully saturated rings. The molecule has 3 aromatic rings. The minimum Gasteiger partial charge on any atom is -0.493 e. The number of nitrogens with two attached hydrogens (primary N) is 1. The average Bonchev–Trinajstić information content (AvgIpc) is 4.05. The lowest BCUT2D eigenvalue weighted by Gasteiger charge is -2.35. The van der Waals surface area contributed by atoms with Crippen LogP contribution in [0.15, 0.2) is 53.6 Å². The van der Waals surface area contributed by atoms with Gasteiger partial charge in [0.05, 0.1) is 54.6 Å². The first-order valence-corrected chi connectivity index (χ1v) is 22.1. The molecule has 5 aliphatic rings. The highest BCUT2D eigenvalue weighted by Gasteiger charge is 2.39. The van der Waals surface area contributed by atoms with Gasteiger partial charge < -0.3 is 35.8 Å². The second kappa shape index (κ2) is 16.6. The molecule has 13 heteroatoms. The van der Waals surface area contributed by atoms with Gasteiger partial charge in [-0.2, -0.15) is 11.8 Å². The maximum Gasteiger partial charge on any atom is 0.241 e. The number of nitrogens with one attached hydrogen (secondary N) is 3. The van der Waals surface area contributed by atoms with E-state index < -0.39 is 12.3 Å². The van der Waals surface area contributed by atoms with E-state index in [9.17, 15) is 14.7 Å². The lowest BCUT2D eigenvalue weighted by Crippen LogP contribution is -2.52. The Morgan fingerprint density at radius 2 is 1.77 bits per heavy atom. The second-order valence-electron chi connectivity index (χ2n) is 17.0. The largest absolute Gasteiger partial charge is 0.493 e. The maximum atomic E-state index is 13.4. The summed E-state index contributed by atoms with van der Waals surface area (Å²) in [5.41, 5.74) is 15.7. The number of benzene rings is 1. The van der Waals surface area contributed by atoms with E-state index in [1.54, 1.807) is 11.8 Å². The predicted molar refractivity (Wildman–Crippen MR) is 224 cm³/mol. The number of carbonyl (C=O) groups is 2. The zero-order valence-corrected chi connectivity index (χ0v) is 34.6. The SMILES string of the molecule is CSC(C)C(N)C(=O)N1CCCC1c1ncc(-c2ccc3c(c2)C=C2CC(COC4=C2CCC(c2cnc(C5CCCN5C(O)C(NC=O)C(C)C)[nH]2)=C4)C3C)[nH]1. The molecule has 5 heterocycles. The van der Waals surface area contributed by atoms with Crippen molar-refractivity contribution >= 4 is 35.7 Å². The fraction of sp³-hybridized carbons (Fsp3) is 0.545. The number of likely N-dealkylation sites (tertiary alicyclic amines) is 2. The van der Waals surface area contributed by atoms with Gasteiger partial charge >= 0.3 is 0 Å². The van der Waals surface area contributed by atoms with E-state index in [1.807, 2.05) is 44.3 Å². The number of rotatable bonds is 12. The minimum atomic E-state index is -0.798. The van der Waals surface area contributed by atoms with Gasteiger partial charge in [-0.15, -0.1) is 0 Å². The van der Waals surface area contributed by atoms with Crippen LogP contribution in [0.5, 0.6) is 0 Å². The Kier molecular flexibility index (Phi) is 11.5. The summed E-state index contributed by atoms with van der Waals surface area (Å²) in [5.74, 6) is 3.36. The van der Waals surface area contributed by atoms with Crippen LogP contribution in [0.25, 0.3) is 22.9 Å². The molecular weight excluding hydrogens is 737 g/mol. The van der Waals surface area contributed by atoms with Crippen LogP contribution in [0.1, 0.15) is 119 Å². The number of carbonyl (C=O) groups excluding carboxylic acids is 2. The second-order valence-corrected chi connectivity index (χ2v) is 18.2. The molecule has 8 unspecified atom stereocenters. The van der Waals surface area contributed by atoms with Crippen LogP contribution in [0.4, 0.5) is 0 Å². The summed E-state index contributed by atoms with van der Waals surface area (Å²) in [6.45, 7) is 10.4. The smallest absolute Gasteiger partial charge is 0.241 e. The molecule has 2 aliphatic carbocycles. The van der Waals surface area contributed by atoms with Crippen molar-refractivity contribution < 1.29 is 19.4 Å². The summed E-state index contributed by atoms with van der Waals surface area (Å²) < 4.78 is 6.65. The van der Waals surface area contributed by atoms with Gasteiger partial charge in [0, 0.05) is 29.8 Å². The number of aliphatic hydroxyl groups excluding tert-OH is 1. The van der Waals surface area contributed by atoms with Crippen molar-refractivity contribution in [1.82, 2.24) is 35.1 Å². The Balaban J connectivity index is 1.03. The van der Waals surface area contributed by atoms with E-state index in [4.69, 9.17) is 20.4 Å². The molecule has 0 saturated carbocycles. The van der Waals surface area contributed by atoms with Crippen LogP contribution in [-0.2, 0) is 14.3 Å². The van der Waals surface area contributed by atoms with Crippen LogP contribution < -0.4 is 11.1 Å². The van der Waals surface area contributed by atoms with Crippen molar-refractivity contribution in [2.45, 2.75) is 114 Å². The number of imidazole rings is 2. The van der Waals surface area contributed by atoms with Gasteiger partial charge in [0.1, 0.15) is 23.6 Å². The molecule has 2 aromatic heterocycles. The molecule has 6 N–H and O–H groups in total. The van der Waals surface area contributed by atoms with Crippen LogP contribution in [0.2, 0.25) is 0 Å². The van der Waals surface area contributed by atoms with Gasteiger partial charge in [-0.25, -0.2) is 9.97 Å². The fourth-order valence-corrected chi connectivity index (χ4v) is 10.1. The van der Waals surface area contributed by atoms with Gasteiger partial charge in [-0.1, -0.05) is 45.9 Å². The quantitative estimate of drug-likeness (QED) is 0.130. The molecule has 304 valence electrons. The number of H-pyrrole nitrogens is 2. The third-order valence-corrected chi connectivity index (χ3v) is 14.3. The Bertz CT molecular complexity index is 2070. The molecule has 2 amide bonds. The first-order chi connectivity index (χ1) is 27.6. The third kappa shape index (κ3) is 7.64. The summed E-state index contributed by atoms with van der Waals surface area (Å²) in [7, 11) is 0. The van der Waals surface area contributed by atoms with Gasteiger partial charge in [0.15, 0.2) is 0 Å². The highest BCUT2D eigenvalue weighted by Crippen LogP contribution is 2.46. The van der Waals surface area contributed by atoms with Gasteiger partial charge in [0.25, 0.3) is 0 Å². The topological polar surface area (TPSA) is 165 Å². The molecule has 0 radical (unpaired) electrons. The van der Waals surface area contributed by atoms with E-state index in [-0.39, 0.29) is 35.2 Å². The molecule has 2 bridgehead atoms. The molecule has 3 aliphatic heterocycles. The van der Waals surface area contributed by atoms with E-state index in [1.165, 1.54) is 27.8 Å². The van der Waals surface area contributed by atoms with E-state index in [0.717, 1.165) is 85.8 Å². The Morgan fingerprint density at radius 3 is 2.54 bits per heavy atom. The Morgan fingerprint density at radius 1 is 1.04 bits per heavy atom. The predicted octanol–water partition coefficient (Wildman–Crippen LogP) is 6.44. The number of hydrogen-bond acceptors (Lipinski definition) is 9. The van der Waals surface area contributed by atoms with Gasteiger partial charge in [-0.05, 0) is 103 Å². The average molecular weight is 795 g/mol. The fourth-order valence-electron chi connectivity index (χ4n) is 9.69. The lowest BCUT2D eigenvalue weighted by molar-refractivity contribution is -0.133. The van der Waals surface area contributed by atoms with E-state index >= 15 is 0 Å². The number of hydrogen-bond donors (Lipinski definition) is 5. The van der Waals surface area contributed by atoms with Crippen molar-refractivity contribution in [2.75, 3.05) is 26.0 Å². The number of amides is 2. The lowest BCUT2D eigenvalue weighted by atomic mass is 9.83. The molecule has 12 nitrogen and oxygen atoms in total. The number of aliphatic hydroxyl groups is 1. The highest BCUT2D eigenvalue weighted by atomic mass is 32.2. The van der Waals surface area contributed by atoms with E-state index in [2.05, 4.69) is 57.5 Å². The monoisotopic (exact) mass is 794 g/mol. The summed E-state index contributed by atoms with van der Waals surface area (Å²) in [6, 6.07) is 5.71. The molecule has 57 heavy (non-hydrogen) atoms.